The third kappa shape index (κ3) is 4.47. The highest BCUT2D eigenvalue weighted by molar-refractivity contribution is 7.26. The molecule has 0 saturated carbocycles. The molecule has 56 heavy (non-hydrogen) atoms. The summed E-state index contributed by atoms with van der Waals surface area (Å²) >= 11 is 1.95. The van der Waals surface area contributed by atoms with Crippen LogP contribution in [0.4, 0.5) is 0 Å². The van der Waals surface area contributed by atoms with E-state index >= 15 is 0 Å². The van der Waals surface area contributed by atoms with Gasteiger partial charge in [0, 0.05) is 31.2 Å². The van der Waals surface area contributed by atoms with Crippen LogP contribution in [0.25, 0.3) is 108 Å². The third-order valence-electron chi connectivity index (χ3n) is 12.6. The minimum atomic E-state index is -0.139. The number of fused-ring (bicyclic) bond motifs is 11. The summed E-state index contributed by atoms with van der Waals surface area (Å²) in [6.45, 7) is 4.83. The maximum Gasteiger partial charge on any atom is 0.0437 e. The summed E-state index contributed by atoms with van der Waals surface area (Å²) < 4.78 is 2.75. The molecule has 0 radical (unpaired) electrons. The molecule has 0 unspecified atom stereocenters. The summed E-state index contributed by atoms with van der Waals surface area (Å²) in [6, 6.07) is 68.2. The topological polar surface area (TPSA) is 0 Å². The molecule has 0 nitrogen and oxygen atoms in total. The highest BCUT2D eigenvalue weighted by atomic mass is 32.1. The van der Waals surface area contributed by atoms with Crippen molar-refractivity contribution in [2.75, 3.05) is 0 Å². The van der Waals surface area contributed by atoms with Gasteiger partial charge in [-0.05, 0) is 117 Å². The van der Waals surface area contributed by atoms with Crippen molar-refractivity contribution in [3.63, 3.8) is 0 Å². The Bertz CT molecular complexity index is 3370. The SMILES string of the molecule is CC1(C)c2ccccc2-c2c1c(-c1ccc(-c3c4ccccc4c(-c4ccc5ccccc5c4)c4ccccc34)cc1)cc1c2sc2cc3ccccc3cc21. The lowest BCUT2D eigenvalue weighted by Gasteiger charge is -2.25. The van der Waals surface area contributed by atoms with E-state index < -0.39 is 0 Å². The second-order valence-corrected chi connectivity index (χ2v) is 17.1. The molecule has 1 heterocycles. The first-order valence-electron chi connectivity index (χ1n) is 19.6. The molecule has 0 N–H and O–H groups in total. The average molecular weight is 729 g/mol. The molecule has 1 aliphatic rings. The molecular weight excluding hydrogens is 693 g/mol. The first kappa shape index (κ1) is 31.8. The largest absolute Gasteiger partial charge is 0.134 e. The van der Waals surface area contributed by atoms with Crippen molar-refractivity contribution >= 4 is 74.6 Å². The van der Waals surface area contributed by atoms with E-state index in [0.717, 1.165) is 0 Å². The zero-order valence-corrected chi connectivity index (χ0v) is 32.0. The van der Waals surface area contributed by atoms with E-state index in [0.29, 0.717) is 0 Å². The van der Waals surface area contributed by atoms with Crippen molar-refractivity contribution in [1.82, 2.24) is 0 Å². The molecule has 0 fully saturated rings. The van der Waals surface area contributed by atoms with E-state index in [-0.39, 0.29) is 5.41 Å². The molecule has 0 saturated heterocycles. The Labute approximate surface area is 329 Å². The van der Waals surface area contributed by atoms with Crippen molar-refractivity contribution in [3.8, 4) is 44.5 Å². The Morgan fingerprint density at radius 1 is 0.357 bits per heavy atom. The van der Waals surface area contributed by atoms with Crippen LogP contribution in [0, 0.1) is 0 Å². The van der Waals surface area contributed by atoms with Crippen molar-refractivity contribution in [1.29, 1.82) is 0 Å². The predicted molar refractivity (Wildman–Crippen MR) is 243 cm³/mol. The lowest BCUT2D eigenvalue weighted by atomic mass is 9.78. The van der Waals surface area contributed by atoms with Crippen LogP contribution in [0.15, 0.2) is 182 Å². The van der Waals surface area contributed by atoms with Crippen molar-refractivity contribution < 1.29 is 0 Å². The van der Waals surface area contributed by atoms with Crippen molar-refractivity contribution in [3.05, 3.63) is 193 Å². The Balaban J connectivity index is 1.09. The van der Waals surface area contributed by atoms with Gasteiger partial charge in [-0.3, -0.25) is 0 Å². The lowest BCUT2D eigenvalue weighted by Crippen LogP contribution is -2.16. The van der Waals surface area contributed by atoms with Gasteiger partial charge >= 0.3 is 0 Å². The molecule has 1 aliphatic carbocycles. The molecule has 0 bridgehead atoms. The highest BCUT2D eigenvalue weighted by Gasteiger charge is 2.39. The Kier molecular flexibility index (Phi) is 6.66. The molecule has 12 rings (SSSR count). The Morgan fingerprint density at radius 3 is 1.55 bits per heavy atom. The van der Waals surface area contributed by atoms with Gasteiger partial charge in [-0.25, -0.2) is 0 Å². The molecule has 0 atom stereocenters. The highest BCUT2D eigenvalue weighted by Crippen LogP contribution is 2.57. The van der Waals surface area contributed by atoms with Crippen LogP contribution < -0.4 is 0 Å². The second kappa shape index (κ2) is 11.7. The van der Waals surface area contributed by atoms with Gasteiger partial charge in [-0.1, -0.05) is 172 Å². The van der Waals surface area contributed by atoms with Crippen LogP contribution in [0.3, 0.4) is 0 Å². The van der Waals surface area contributed by atoms with E-state index in [2.05, 4.69) is 196 Å². The number of hydrogen-bond acceptors (Lipinski definition) is 1. The molecule has 1 aromatic heterocycles. The summed E-state index contributed by atoms with van der Waals surface area (Å²) in [6.07, 6.45) is 0. The van der Waals surface area contributed by atoms with Gasteiger partial charge in [-0.15, -0.1) is 11.3 Å². The summed E-state index contributed by atoms with van der Waals surface area (Å²) in [7, 11) is 0. The molecule has 10 aromatic carbocycles. The van der Waals surface area contributed by atoms with Crippen LogP contribution in [-0.2, 0) is 5.41 Å². The summed E-state index contributed by atoms with van der Waals surface area (Å²) in [4.78, 5) is 0. The number of thiophene rings is 1. The van der Waals surface area contributed by atoms with Crippen molar-refractivity contribution in [2.24, 2.45) is 0 Å². The van der Waals surface area contributed by atoms with Gasteiger partial charge in [-0.2, -0.15) is 0 Å². The van der Waals surface area contributed by atoms with Crippen LogP contribution in [0.2, 0.25) is 0 Å². The molecular formula is C55H36S. The fourth-order valence-electron chi connectivity index (χ4n) is 10.0. The number of hydrogen-bond donors (Lipinski definition) is 0. The lowest BCUT2D eigenvalue weighted by molar-refractivity contribution is 0.662. The smallest absolute Gasteiger partial charge is 0.0437 e. The number of benzene rings is 10. The minimum Gasteiger partial charge on any atom is -0.134 e. The first-order chi connectivity index (χ1) is 27.5. The first-order valence-corrected chi connectivity index (χ1v) is 20.4. The molecule has 1 heteroatoms. The van der Waals surface area contributed by atoms with Crippen molar-refractivity contribution in [2.45, 2.75) is 19.3 Å². The van der Waals surface area contributed by atoms with E-state index in [9.17, 15) is 0 Å². The fraction of sp³-hybridized carbons (Fsp3) is 0.0545. The minimum absolute atomic E-state index is 0.139. The molecule has 0 amide bonds. The zero-order valence-electron chi connectivity index (χ0n) is 31.2. The quantitative estimate of drug-likeness (QED) is 0.159. The molecule has 262 valence electrons. The maximum absolute atomic E-state index is 2.51. The van der Waals surface area contributed by atoms with Crippen LogP contribution >= 0.6 is 11.3 Å². The summed E-state index contributed by atoms with van der Waals surface area (Å²) in [5, 5.41) is 12.9. The van der Waals surface area contributed by atoms with E-state index in [1.165, 1.54) is 119 Å². The summed E-state index contributed by atoms with van der Waals surface area (Å²) in [5.74, 6) is 0. The Hall–Kier alpha value is -6.54. The van der Waals surface area contributed by atoms with Gasteiger partial charge in [0.05, 0.1) is 0 Å². The fourth-order valence-corrected chi connectivity index (χ4v) is 11.3. The maximum atomic E-state index is 2.51. The summed E-state index contributed by atoms with van der Waals surface area (Å²) in [5.41, 5.74) is 13.1. The monoisotopic (exact) mass is 728 g/mol. The van der Waals surface area contributed by atoms with E-state index in [1.807, 2.05) is 11.3 Å². The van der Waals surface area contributed by atoms with E-state index in [4.69, 9.17) is 0 Å². The average Bonchev–Trinajstić information content (AvgIpc) is 3.72. The van der Waals surface area contributed by atoms with Gasteiger partial charge in [0.25, 0.3) is 0 Å². The standard InChI is InChI=1S/C55H36S/c1-55(2)48-22-12-11-21-44(48)52-53(55)45(32-47-46-30-37-15-5-6-16-38(37)31-49(46)56-54(47)52)34-24-26-35(27-25-34)50-40-17-7-9-19-42(40)51(43-20-10-8-18-41(43)50)39-28-23-33-13-3-4-14-36(33)29-39/h3-32H,1-2H3. The van der Waals surface area contributed by atoms with Gasteiger partial charge in [0.1, 0.15) is 0 Å². The third-order valence-corrected chi connectivity index (χ3v) is 13.8. The zero-order chi connectivity index (χ0) is 37.1. The van der Waals surface area contributed by atoms with E-state index in [1.54, 1.807) is 0 Å². The van der Waals surface area contributed by atoms with Crippen LogP contribution in [-0.4, -0.2) is 0 Å². The van der Waals surface area contributed by atoms with Gasteiger partial charge in [0.2, 0.25) is 0 Å². The van der Waals surface area contributed by atoms with Crippen LogP contribution in [0.5, 0.6) is 0 Å². The molecule has 0 aliphatic heterocycles. The molecule has 0 spiro atoms. The second-order valence-electron chi connectivity index (χ2n) is 16.0. The van der Waals surface area contributed by atoms with Gasteiger partial charge < -0.3 is 0 Å². The van der Waals surface area contributed by atoms with Gasteiger partial charge in [0.15, 0.2) is 0 Å². The number of rotatable bonds is 3. The normalized spacial score (nSPS) is 13.3. The van der Waals surface area contributed by atoms with Crippen LogP contribution in [0.1, 0.15) is 25.0 Å². The predicted octanol–water partition coefficient (Wildman–Crippen LogP) is 16.0. The Morgan fingerprint density at radius 2 is 0.875 bits per heavy atom. The molecule has 11 aromatic rings.